The number of rotatable bonds is 6. The molecule has 0 aliphatic rings. The number of hydrogen-bond donors (Lipinski definition) is 0. The van der Waals surface area contributed by atoms with Crippen LogP contribution < -0.4 is 0 Å². The highest BCUT2D eigenvalue weighted by Crippen LogP contribution is 2.48. The van der Waals surface area contributed by atoms with Gasteiger partial charge in [0, 0.05) is 7.11 Å². The third-order valence-corrected chi connectivity index (χ3v) is 3.19. The molecular formula is C7H15O3P. The Labute approximate surface area is 67.9 Å². The predicted octanol–water partition coefficient (Wildman–Crippen LogP) is 2.79. The molecule has 0 aromatic rings. The Morgan fingerprint density at radius 1 is 1.64 bits per heavy atom. The SMILES string of the molecule is C=COP(=O)(CCCC)OC. The van der Waals surface area contributed by atoms with E-state index < -0.39 is 7.60 Å². The maximum atomic E-state index is 11.4. The molecule has 0 aliphatic carbocycles. The van der Waals surface area contributed by atoms with Gasteiger partial charge in [-0.3, -0.25) is 0 Å². The summed E-state index contributed by atoms with van der Waals surface area (Å²) in [4.78, 5) is 0. The molecule has 0 N–H and O–H groups in total. The molecule has 0 heterocycles. The van der Waals surface area contributed by atoms with Crippen LogP contribution in [0.25, 0.3) is 0 Å². The zero-order valence-corrected chi connectivity index (χ0v) is 7.97. The summed E-state index contributed by atoms with van der Waals surface area (Å²) in [6, 6.07) is 0. The second-order valence-corrected chi connectivity index (χ2v) is 4.39. The van der Waals surface area contributed by atoms with Gasteiger partial charge >= 0.3 is 7.60 Å². The van der Waals surface area contributed by atoms with E-state index in [0.717, 1.165) is 12.8 Å². The third-order valence-electron chi connectivity index (χ3n) is 1.30. The van der Waals surface area contributed by atoms with Gasteiger partial charge < -0.3 is 9.05 Å². The smallest absolute Gasteiger partial charge is 0.378 e. The Hall–Kier alpha value is -0.270. The standard InChI is InChI=1S/C7H15O3P/c1-4-6-7-11(8,9-3)10-5-2/h5H,2,4,6-7H2,1,3H3. The van der Waals surface area contributed by atoms with E-state index in [1.807, 2.05) is 6.92 Å². The Morgan fingerprint density at radius 3 is 2.64 bits per heavy atom. The monoisotopic (exact) mass is 178 g/mol. The average Bonchev–Trinajstić information content (AvgIpc) is 2.02. The molecule has 0 aromatic carbocycles. The van der Waals surface area contributed by atoms with E-state index in [-0.39, 0.29) is 0 Å². The van der Waals surface area contributed by atoms with Crippen LogP contribution in [0, 0.1) is 0 Å². The molecule has 4 heteroatoms. The second kappa shape index (κ2) is 5.39. The molecule has 0 fully saturated rings. The molecule has 66 valence electrons. The summed E-state index contributed by atoms with van der Waals surface area (Å²) in [5.74, 6) is 0. The highest BCUT2D eigenvalue weighted by Gasteiger charge is 2.20. The first-order chi connectivity index (χ1) is 5.18. The van der Waals surface area contributed by atoms with Gasteiger partial charge in [-0.15, -0.1) is 0 Å². The summed E-state index contributed by atoms with van der Waals surface area (Å²) in [5.41, 5.74) is 0. The summed E-state index contributed by atoms with van der Waals surface area (Å²) in [6.07, 6.45) is 3.46. The van der Waals surface area contributed by atoms with Crippen LogP contribution in [0.4, 0.5) is 0 Å². The Balaban J connectivity index is 3.88. The molecule has 0 aromatic heterocycles. The Bertz CT molecular complexity index is 156. The van der Waals surface area contributed by atoms with Gasteiger partial charge in [-0.05, 0) is 6.42 Å². The Kier molecular flexibility index (Phi) is 5.26. The van der Waals surface area contributed by atoms with Crippen molar-refractivity contribution < 1.29 is 13.6 Å². The van der Waals surface area contributed by atoms with Crippen LogP contribution in [-0.4, -0.2) is 13.3 Å². The number of hydrogen-bond acceptors (Lipinski definition) is 3. The van der Waals surface area contributed by atoms with Crippen molar-refractivity contribution in [2.24, 2.45) is 0 Å². The summed E-state index contributed by atoms with van der Waals surface area (Å²) in [7, 11) is -1.45. The van der Waals surface area contributed by atoms with Crippen LogP contribution in [0.3, 0.4) is 0 Å². The molecule has 11 heavy (non-hydrogen) atoms. The highest BCUT2D eigenvalue weighted by molar-refractivity contribution is 7.53. The maximum absolute atomic E-state index is 11.4. The van der Waals surface area contributed by atoms with E-state index in [4.69, 9.17) is 9.05 Å². The quantitative estimate of drug-likeness (QED) is 0.463. The minimum Gasteiger partial charge on any atom is -0.433 e. The first-order valence-electron chi connectivity index (χ1n) is 3.62. The lowest BCUT2D eigenvalue weighted by molar-refractivity contribution is 0.299. The van der Waals surface area contributed by atoms with Gasteiger partial charge in [0.15, 0.2) is 0 Å². The van der Waals surface area contributed by atoms with Crippen LogP contribution in [0.1, 0.15) is 19.8 Å². The van der Waals surface area contributed by atoms with Crippen molar-refractivity contribution in [3.05, 3.63) is 12.8 Å². The molecular weight excluding hydrogens is 163 g/mol. The maximum Gasteiger partial charge on any atom is 0.378 e. The summed E-state index contributed by atoms with van der Waals surface area (Å²) in [5, 5.41) is 0. The molecule has 1 atom stereocenters. The zero-order valence-electron chi connectivity index (χ0n) is 7.08. The topological polar surface area (TPSA) is 35.5 Å². The van der Waals surface area contributed by atoms with Gasteiger partial charge in [-0.25, -0.2) is 4.57 Å². The van der Waals surface area contributed by atoms with Crippen LogP contribution in [0.15, 0.2) is 12.8 Å². The van der Waals surface area contributed by atoms with Crippen molar-refractivity contribution in [2.75, 3.05) is 13.3 Å². The van der Waals surface area contributed by atoms with Crippen LogP contribution in [0.2, 0.25) is 0 Å². The van der Waals surface area contributed by atoms with Crippen LogP contribution in [-0.2, 0) is 13.6 Å². The molecule has 0 radical (unpaired) electrons. The molecule has 0 saturated heterocycles. The molecule has 0 bridgehead atoms. The second-order valence-electron chi connectivity index (χ2n) is 2.14. The van der Waals surface area contributed by atoms with E-state index in [0.29, 0.717) is 6.16 Å². The molecule has 0 aliphatic heterocycles. The summed E-state index contributed by atoms with van der Waals surface area (Å²) >= 11 is 0. The van der Waals surface area contributed by atoms with Crippen molar-refractivity contribution >= 4 is 7.60 Å². The lowest BCUT2D eigenvalue weighted by Gasteiger charge is -2.13. The zero-order chi connectivity index (χ0) is 8.74. The van der Waals surface area contributed by atoms with Crippen molar-refractivity contribution in [3.63, 3.8) is 0 Å². The van der Waals surface area contributed by atoms with Gasteiger partial charge in [0.1, 0.15) is 0 Å². The fourth-order valence-electron chi connectivity index (χ4n) is 0.652. The molecule has 1 unspecified atom stereocenters. The van der Waals surface area contributed by atoms with E-state index >= 15 is 0 Å². The summed E-state index contributed by atoms with van der Waals surface area (Å²) in [6.45, 7) is 5.35. The molecule has 3 nitrogen and oxygen atoms in total. The largest absolute Gasteiger partial charge is 0.433 e. The van der Waals surface area contributed by atoms with Gasteiger partial charge in [0.25, 0.3) is 0 Å². The van der Waals surface area contributed by atoms with Crippen molar-refractivity contribution in [1.29, 1.82) is 0 Å². The van der Waals surface area contributed by atoms with Crippen LogP contribution >= 0.6 is 7.60 Å². The lowest BCUT2D eigenvalue weighted by Crippen LogP contribution is -1.93. The number of unbranched alkanes of at least 4 members (excludes halogenated alkanes) is 1. The highest BCUT2D eigenvalue weighted by atomic mass is 31.2. The summed E-state index contributed by atoms with van der Waals surface area (Å²) < 4.78 is 20.9. The minimum atomic E-state index is -2.83. The molecule has 0 rings (SSSR count). The van der Waals surface area contributed by atoms with Gasteiger partial charge in [-0.1, -0.05) is 19.9 Å². The van der Waals surface area contributed by atoms with E-state index in [1.54, 1.807) is 0 Å². The van der Waals surface area contributed by atoms with Crippen LogP contribution in [0.5, 0.6) is 0 Å². The molecule has 0 amide bonds. The fraction of sp³-hybridized carbons (Fsp3) is 0.714. The lowest BCUT2D eigenvalue weighted by atomic mass is 10.4. The molecule has 0 spiro atoms. The third kappa shape index (κ3) is 4.23. The fourth-order valence-corrected chi connectivity index (χ4v) is 1.96. The van der Waals surface area contributed by atoms with Gasteiger partial charge in [0.2, 0.25) is 0 Å². The Morgan fingerprint density at radius 2 is 2.27 bits per heavy atom. The first kappa shape index (κ1) is 10.7. The molecule has 0 saturated carbocycles. The van der Waals surface area contributed by atoms with Crippen molar-refractivity contribution in [1.82, 2.24) is 0 Å². The van der Waals surface area contributed by atoms with Gasteiger partial charge in [-0.2, -0.15) is 0 Å². The van der Waals surface area contributed by atoms with E-state index in [1.165, 1.54) is 13.4 Å². The normalized spacial score (nSPS) is 15.5. The average molecular weight is 178 g/mol. The van der Waals surface area contributed by atoms with Crippen molar-refractivity contribution in [2.45, 2.75) is 19.8 Å². The van der Waals surface area contributed by atoms with Crippen molar-refractivity contribution in [3.8, 4) is 0 Å². The first-order valence-corrected chi connectivity index (χ1v) is 5.35. The predicted molar refractivity (Wildman–Crippen MR) is 45.7 cm³/mol. The van der Waals surface area contributed by atoms with E-state index in [9.17, 15) is 4.57 Å². The van der Waals surface area contributed by atoms with E-state index in [2.05, 4.69) is 6.58 Å². The minimum absolute atomic E-state index is 0.464. The van der Waals surface area contributed by atoms with Gasteiger partial charge in [0.05, 0.1) is 12.4 Å².